The second-order valence-corrected chi connectivity index (χ2v) is 8.12. The topological polar surface area (TPSA) is 79.2 Å². The van der Waals surface area contributed by atoms with E-state index < -0.39 is 0 Å². The van der Waals surface area contributed by atoms with Crippen LogP contribution >= 0.6 is 0 Å². The number of likely N-dealkylation sites (tertiary alicyclic amines) is 1. The van der Waals surface area contributed by atoms with E-state index in [0.717, 1.165) is 13.1 Å². The lowest BCUT2D eigenvalue weighted by molar-refractivity contribution is -0.384. The molecule has 3 rings (SSSR count). The number of anilines is 1. The van der Waals surface area contributed by atoms with Crippen molar-refractivity contribution in [1.29, 1.82) is 0 Å². The molecule has 0 aromatic heterocycles. The molecule has 1 aromatic carbocycles. The number of amides is 1. The summed E-state index contributed by atoms with van der Waals surface area (Å²) in [5.74, 6) is 1.90. The van der Waals surface area contributed by atoms with Crippen LogP contribution in [0.4, 0.5) is 11.4 Å². The summed E-state index contributed by atoms with van der Waals surface area (Å²) in [6, 6.07) is 4.81. The number of hydrogen-bond donors (Lipinski definition) is 0. The van der Waals surface area contributed by atoms with Crippen molar-refractivity contribution in [3.8, 4) is 5.75 Å². The fourth-order valence-electron chi connectivity index (χ4n) is 4.34. The van der Waals surface area contributed by atoms with Crippen molar-refractivity contribution in [2.75, 3.05) is 57.8 Å². The minimum atomic E-state index is -0.358. The highest BCUT2D eigenvalue weighted by Gasteiger charge is 2.29. The predicted molar refractivity (Wildman–Crippen MR) is 108 cm³/mol. The number of piperazine rings is 1. The van der Waals surface area contributed by atoms with Crippen LogP contribution in [0.2, 0.25) is 0 Å². The number of hydrogen-bond acceptors (Lipinski definition) is 6. The standard InChI is InChI=1S/C20H30N4O4/c1-15-10-16(2)13-23(12-15)20(25)14-21-6-8-22(9-7-21)19-11-17(28-3)4-5-18(19)24(26)27/h4-5,11,15-16H,6-10,12-14H2,1-3H3. The first-order chi connectivity index (χ1) is 13.4. The van der Waals surface area contributed by atoms with Crippen molar-refractivity contribution < 1.29 is 14.5 Å². The second kappa shape index (κ2) is 8.77. The van der Waals surface area contributed by atoms with Crippen molar-refractivity contribution in [2.45, 2.75) is 20.3 Å². The molecular weight excluding hydrogens is 360 g/mol. The van der Waals surface area contributed by atoms with Gasteiger partial charge in [0.05, 0.1) is 18.6 Å². The molecule has 0 bridgehead atoms. The summed E-state index contributed by atoms with van der Waals surface area (Å²) in [7, 11) is 1.55. The molecular formula is C20H30N4O4. The molecule has 1 aromatic rings. The zero-order valence-corrected chi connectivity index (χ0v) is 17.0. The monoisotopic (exact) mass is 390 g/mol. The van der Waals surface area contributed by atoms with E-state index in [9.17, 15) is 14.9 Å². The highest BCUT2D eigenvalue weighted by atomic mass is 16.6. The first kappa shape index (κ1) is 20.4. The van der Waals surface area contributed by atoms with Crippen molar-refractivity contribution in [2.24, 2.45) is 11.8 Å². The molecule has 0 saturated carbocycles. The Morgan fingerprint density at radius 1 is 1.18 bits per heavy atom. The first-order valence-corrected chi connectivity index (χ1v) is 9.95. The minimum Gasteiger partial charge on any atom is -0.497 e. The molecule has 154 valence electrons. The van der Waals surface area contributed by atoms with Crippen LogP contribution in [0.5, 0.6) is 5.75 Å². The molecule has 0 N–H and O–H groups in total. The fraction of sp³-hybridized carbons (Fsp3) is 0.650. The van der Waals surface area contributed by atoms with Gasteiger partial charge in [0.2, 0.25) is 5.91 Å². The number of nitro groups is 1. The average molecular weight is 390 g/mol. The van der Waals surface area contributed by atoms with Crippen molar-refractivity contribution in [1.82, 2.24) is 9.80 Å². The zero-order chi connectivity index (χ0) is 20.3. The number of methoxy groups -OCH3 is 1. The van der Waals surface area contributed by atoms with Crippen LogP contribution in [0, 0.1) is 22.0 Å². The zero-order valence-electron chi connectivity index (χ0n) is 17.0. The number of piperidine rings is 1. The number of nitrogens with zero attached hydrogens (tertiary/aromatic N) is 4. The van der Waals surface area contributed by atoms with Gasteiger partial charge in [-0.2, -0.15) is 0 Å². The van der Waals surface area contributed by atoms with E-state index >= 15 is 0 Å². The van der Waals surface area contributed by atoms with Gasteiger partial charge in [0.1, 0.15) is 11.4 Å². The van der Waals surface area contributed by atoms with Crippen LogP contribution in [-0.2, 0) is 4.79 Å². The third-order valence-corrected chi connectivity index (χ3v) is 5.67. The van der Waals surface area contributed by atoms with Crippen LogP contribution in [0.3, 0.4) is 0 Å². The Hall–Kier alpha value is -2.35. The van der Waals surface area contributed by atoms with Gasteiger partial charge in [-0.15, -0.1) is 0 Å². The van der Waals surface area contributed by atoms with Gasteiger partial charge in [-0.25, -0.2) is 0 Å². The lowest BCUT2D eigenvalue weighted by Crippen LogP contribution is -2.52. The van der Waals surface area contributed by atoms with Crippen LogP contribution < -0.4 is 9.64 Å². The van der Waals surface area contributed by atoms with E-state index in [1.165, 1.54) is 12.5 Å². The SMILES string of the molecule is COc1ccc([N+](=O)[O-])c(N2CCN(CC(=O)N3CC(C)CC(C)C3)CC2)c1. The van der Waals surface area contributed by atoms with Crippen LogP contribution in [0.25, 0.3) is 0 Å². The van der Waals surface area contributed by atoms with Crippen molar-refractivity contribution in [3.63, 3.8) is 0 Å². The van der Waals surface area contributed by atoms with Crippen LogP contribution in [0.1, 0.15) is 20.3 Å². The number of nitro benzene ring substituents is 1. The summed E-state index contributed by atoms with van der Waals surface area (Å²) in [5, 5.41) is 11.4. The lowest BCUT2D eigenvalue weighted by atomic mass is 9.92. The summed E-state index contributed by atoms with van der Waals surface area (Å²) in [5.41, 5.74) is 0.663. The summed E-state index contributed by atoms with van der Waals surface area (Å²) >= 11 is 0. The molecule has 2 saturated heterocycles. The van der Waals surface area contributed by atoms with Crippen LogP contribution in [-0.4, -0.2) is 73.6 Å². The Morgan fingerprint density at radius 2 is 1.82 bits per heavy atom. The summed E-state index contributed by atoms with van der Waals surface area (Å²) in [6.07, 6.45) is 1.18. The number of carbonyl (C=O) groups excluding carboxylic acids is 1. The molecule has 2 aliphatic heterocycles. The second-order valence-electron chi connectivity index (χ2n) is 8.12. The molecule has 0 radical (unpaired) electrons. The molecule has 28 heavy (non-hydrogen) atoms. The summed E-state index contributed by atoms with van der Waals surface area (Å²) < 4.78 is 5.23. The Balaban J connectivity index is 1.59. The van der Waals surface area contributed by atoms with Gasteiger partial charge in [-0.1, -0.05) is 13.8 Å². The van der Waals surface area contributed by atoms with E-state index in [0.29, 0.717) is 56.0 Å². The molecule has 0 spiro atoms. The molecule has 2 fully saturated rings. The smallest absolute Gasteiger partial charge is 0.292 e. The third-order valence-electron chi connectivity index (χ3n) is 5.67. The number of carbonyl (C=O) groups is 1. The molecule has 2 heterocycles. The average Bonchev–Trinajstić information content (AvgIpc) is 2.67. The van der Waals surface area contributed by atoms with E-state index in [1.54, 1.807) is 19.2 Å². The molecule has 8 heteroatoms. The van der Waals surface area contributed by atoms with Gasteiger partial charge in [-0.05, 0) is 24.3 Å². The van der Waals surface area contributed by atoms with Gasteiger partial charge in [0.25, 0.3) is 5.69 Å². The Kier molecular flexibility index (Phi) is 6.39. The molecule has 2 atom stereocenters. The van der Waals surface area contributed by atoms with Gasteiger partial charge in [0.15, 0.2) is 0 Å². The molecule has 2 unspecified atom stereocenters. The summed E-state index contributed by atoms with van der Waals surface area (Å²) in [4.78, 5) is 29.9. The number of benzene rings is 1. The van der Waals surface area contributed by atoms with Gasteiger partial charge in [0, 0.05) is 51.4 Å². The first-order valence-electron chi connectivity index (χ1n) is 9.95. The number of rotatable bonds is 5. The van der Waals surface area contributed by atoms with Gasteiger partial charge >= 0.3 is 0 Å². The quantitative estimate of drug-likeness (QED) is 0.567. The number of ether oxygens (including phenoxy) is 1. The molecule has 1 amide bonds. The van der Waals surface area contributed by atoms with Gasteiger partial charge in [-0.3, -0.25) is 19.8 Å². The third kappa shape index (κ3) is 4.73. The van der Waals surface area contributed by atoms with Crippen molar-refractivity contribution >= 4 is 17.3 Å². The van der Waals surface area contributed by atoms with Crippen molar-refractivity contribution in [3.05, 3.63) is 28.3 Å². The normalized spacial score (nSPS) is 23.5. The largest absolute Gasteiger partial charge is 0.497 e. The van der Waals surface area contributed by atoms with Crippen LogP contribution in [0.15, 0.2) is 18.2 Å². The highest BCUT2D eigenvalue weighted by Crippen LogP contribution is 2.32. The van der Waals surface area contributed by atoms with E-state index in [2.05, 4.69) is 18.7 Å². The summed E-state index contributed by atoms with van der Waals surface area (Å²) in [6.45, 7) is 9.23. The van der Waals surface area contributed by atoms with Gasteiger partial charge < -0.3 is 14.5 Å². The minimum absolute atomic E-state index is 0.0848. The Morgan fingerprint density at radius 3 is 2.39 bits per heavy atom. The molecule has 8 nitrogen and oxygen atoms in total. The maximum absolute atomic E-state index is 12.7. The fourth-order valence-corrected chi connectivity index (χ4v) is 4.34. The highest BCUT2D eigenvalue weighted by molar-refractivity contribution is 5.78. The Bertz CT molecular complexity index is 708. The van der Waals surface area contributed by atoms with E-state index in [1.807, 2.05) is 9.80 Å². The van der Waals surface area contributed by atoms with E-state index in [-0.39, 0.29) is 16.5 Å². The predicted octanol–water partition coefficient (Wildman–Crippen LogP) is 2.23. The Labute approximate surface area is 166 Å². The molecule has 2 aliphatic rings. The molecule has 0 aliphatic carbocycles. The maximum atomic E-state index is 12.7. The lowest BCUT2D eigenvalue weighted by Gasteiger charge is -2.38. The maximum Gasteiger partial charge on any atom is 0.292 e. The van der Waals surface area contributed by atoms with E-state index in [4.69, 9.17) is 4.74 Å².